The fraction of sp³-hybridized carbons (Fsp3) is 0.333. The second-order valence-electron chi connectivity index (χ2n) is 4.58. The van der Waals surface area contributed by atoms with Gasteiger partial charge in [0.05, 0.1) is 5.52 Å². The number of amides is 1. The molecule has 1 heterocycles. The molecule has 1 atom stereocenters. The fourth-order valence-electron chi connectivity index (χ4n) is 2.06. The van der Waals surface area contributed by atoms with Crippen molar-refractivity contribution in [1.82, 2.24) is 10.3 Å². The molecule has 2 rings (SSSR count). The van der Waals surface area contributed by atoms with Crippen molar-refractivity contribution in [3.05, 3.63) is 42.1 Å². The monoisotopic (exact) mass is 276 g/mol. The number of nitrogens with one attached hydrogen (secondary N) is 1. The van der Waals surface area contributed by atoms with Crippen LogP contribution >= 0.6 is 11.6 Å². The van der Waals surface area contributed by atoms with Crippen LogP contribution in [0.1, 0.15) is 30.1 Å². The smallest absolute Gasteiger partial charge is 0.252 e. The lowest BCUT2D eigenvalue weighted by molar-refractivity contribution is 0.0940. The minimum atomic E-state index is -0.0549. The number of hydrogen-bond acceptors (Lipinski definition) is 2. The number of benzene rings is 1. The molecule has 1 amide bonds. The molecule has 0 bridgehead atoms. The molecule has 4 heteroatoms. The zero-order chi connectivity index (χ0) is 13.7. The number of hydrogen-bond donors (Lipinski definition) is 1. The molecule has 1 aromatic heterocycles. The lowest BCUT2D eigenvalue weighted by atomic mass is 10.1. The van der Waals surface area contributed by atoms with E-state index in [2.05, 4.69) is 10.3 Å². The molecule has 2 aromatic rings. The standard InChI is InChI=1S/C15H17ClN2O/c1-11(5-3-9-16)18-15(19)13-6-2-8-14-12(13)7-4-10-17-14/h2,4,6-8,10-11H,3,5,9H2,1H3,(H,18,19). The Labute approximate surface area is 118 Å². The minimum absolute atomic E-state index is 0.0549. The molecule has 0 aliphatic heterocycles. The number of pyridine rings is 1. The Balaban J connectivity index is 2.17. The predicted molar refractivity (Wildman–Crippen MR) is 78.6 cm³/mol. The predicted octanol–water partition coefficient (Wildman–Crippen LogP) is 3.37. The van der Waals surface area contributed by atoms with Crippen LogP contribution < -0.4 is 5.32 Å². The number of rotatable bonds is 5. The molecule has 3 nitrogen and oxygen atoms in total. The van der Waals surface area contributed by atoms with Crippen molar-refractivity contribution in [2.24, 2.45) is 0 Å². The Kier molecular flexibility index (Phi) is 4.74. The number of alkyl halides is 1. The first-order valence-electron chi connectivity index (χ1n) is 6.43. The van der Waals surface area contributed by atoms with Crippen LogP contribution in [0.5, 0.6) is 0 Å². The van der Waals surface area contributed by atoms with E-state index >= 15 is 0 Å². The lowest BCUT2D eigenvalue weighted by Gasteiger charge is -2.14. The van der Waals surface area contributed by atoms with Crippen molar-refractivity contribution in [3.63, 3.8) is 0 Å². The molecule has 0 fully saturated rings. The molecule has 1 unspecified atom stereocenters. The zero-order valence-electron chi connectivity index (χ0n) is 10.9. The molecular formula is C15H17ClN2O. The first-order chi connectivity index (χ1) is 9.22. The van der Waals surface area contributed by atoms with Crippen LogP contribution in [0.2, 0.25) is 0 Å². The van der Waals surface area contributed by atoms with E-state index in [1.165, 1.54) is 0 Å². The van der Waals surface area contributed by atoms with Gasteiger partial charge in [0.1, 0.15) is 0 Å². The van der Waals surface area contributed by atoms with Crippen molar-refractivity contribution in [2.75, 3.05) is 5.88 Å². The van der Waals surface area contributed by atoms with Crippen LogP contribution in [0.15, 0.2) is 36.5 Å². The SMILES string of the molecule is CC(CCCCl)NC(=O)c1cccc2ncccc12. The first-order valence-corrected chi connectivity index (χ1v) is 6.96. The Morgan fingerprint density at radius 1 is 1.37 bits per heavy atom. The third-order valence-corrected chi connectivity index (χ3v) is 3.31. The molecule has 0 aliphatic carbocycles. The summed E-state index contributed by atoms with van der Waals surface area (Å²) in [6, 6.07) is 9.47. The van der Waals surface area contributed by atoms with Crippen LogP contribution in [0.4, 0.5) is 0 Å². The molecule has 100 valence electrons. The van der Waals surface area contributed by atoms with Crippen molar-refractivity contribution in [2.45, 2.75) is 25.8 Å². The van der Waals surface area contributed by atoms with Crippen molar-refractivity contribution in [3.8, 4) is 0 Å². The van der Waals surface area contributed by atoms with Gasteiger partial charge in [-0.15, -0.1) is 11.6 Å². The number of fused-ring (bicyclic) bond motifs is 1. The average molecular weight is 277 g/mol. The Morgan fingerprint density at radius 2 is 2.21 bits per heavy atom. The second-order valence-corrected chi connectivity index (χ2v) is 4.96. The summed E-state index contributed by atoms with van der Waals surface area (Å²) in [4.78, 5) is 16.5. The van der Waals surface area contributed by atoms with Gasteiger partial charge in [0.25, 0.3) is 5.91 Å². The molecule has 1 aromatic carbocycles. The van der Waals surface area contributed by atoms with Gasteiger partial charge in [0.2, 0.25) is 0 Å². The van der Waals surface area contributed by atoms with Crippen LogP contribution in [0.25, 0.3) is 10.9 Å². The Bertz CT molecular complexity index is 566. The molecule has 1 N–H and O–H groups in total. The average Bonchev–Trinajstić information content (AvgIpc) is 2.44. The Hall–Kier alpha value is -1.61. The summed E-state index contributed by atoms with van der Waals surface area (Å²) in [6.45, 7) is 1.99. The van der Waals surface area contributed by atoms with Crippen LogP contribution in [-0.4, -0.2) is 22.8 Å². The van der Waals surface area contributed by atoms with Gasteiger partial charge >= 0.3 is 0 Å². The van der Waals surface area contributed by atoms with Crippen LogP contribution in [-0.2, 0) is 0 Å². The maximum absolute atomic E-state index is 12.3. The molecule has 19 heavy (non-hydrogen) atoms. The van der Waals surface area contributed by atoms with Gasteiger partial charge in [0, 0.05) is 29.1 Å². The fourth-order valence-corrected chi connectivity index (χ4v) is 2.21. The van der Waals surface area contributed by atoms with Gasteiger partial charge in [0.15, 0.2) is 0 Å². The summed E-state index contributed by atoms with van der Waals surface area (Å²) in [5, 5.41) is 3.88. The summed E-state index contributed by atoms with van der Waals surface area (Å²) < 4.78 is 0. The maximum atomic E-state index is 12.3. The van der Waals surface area contributed by atoms with Gasteiger partial charge < -0.3 is 5.32 Å². The van der Waals surface area contributed by atoms with E-state index in [0.29, 0.717) is 11.4 Å². The Morgan fingerprint density at radius 3 is 3.00 bits per heavy atom. The van der Waals surface area contributed by atoms with E-state index in [-0.39, 0.29) is 11.9 Å². The van der Waals surface area contributed by atoms with E-state index in [9.17, 15) is 4.79 Å². The lowest BCUT2D eigenvalue weighted by Crippen LogP contribution is -2.32. The second kappa shape index (κ2) is 6.53. The van der Waals surface area contributed by atoms with E-state index < -0.39 is 0 Å². The third kappa shape index (κ3) is 3.44. The topological polar surface area (TPSA) is 42.0 Å². The van der Waals surface area contributed by atoms with Crippen molar-refractivity contribution >= 4 is 28.4 Å². The van der Waals surface area contributed by atoms with Crippen molar-refractivity contribution in [1.29, 1.82) is 0 Å². The number of nitrogens with zero attached hydrogens (tertiary/aromatic N) is 1. The summed E-state index contributed by atoms with van der Waals surface area (Å²) in [7, 11) is 0. The highest BCUT2D eigenvalue weighted by Crippen LogP contribution is 2.16. The summed E-state index contributed by atoms with van der Waals surface area (Å²) >= 11 is 5.66. The third-order valence-electron chi connectivity index (χ3n) is 3.04. The van der Waals surface area contributed by atoms with Gasteiger partial charge in [-0.25, -0.2) is 0 Å². The summed E-state index contributed by atoms with van der Waals surface area (Å²) in [6.07, 6.45) is 3.52. The maximum Gasteiger partial charge on any atom is 0.252 e. The number of halogens is 1. The number of carbonyl (C=O) groups is 1. The highest BCUT2D eigenvalue weighted by molar-refractivity contribution is 6.17. The molecule has 0 aliphatic rings. The molecule has 0 saturated carbocycles. The highest BCUT2D eigenvalue weighted by Gasteiger charge is 2.12. The molecule has 0 spiro atoms. The van der Waals surface area contributed by atoms with Gasteiger partial charge in [-0.2, -0.15) is 0 Å². The van der Waals surface area contributed by atoms with Gasteiger partial charge in [-0.3, -0.25) is 9.78 Å². The van der Waals surface area contributed by atoms with Gasteiger partial charge in [-0.1, -0.05) is 12.1 Å². The van der Waals surface area contributed by atoms with E-state index in [4.69, 9.17) is 11.6 Å². The van der Waals surface area contributed by atoms with E-state index in [1.807, 2.05) is 37.3 Å². The molecule has 0 radical (unpaired) electrons. The normalized spacial score (nSPS) is 12.3. The molecular weight excluding hydrogens is 260 g/mol. The first kappa shape index (κ1) is 13.8. The van der Waals surface area contributed by atoms with Crippen LogP contribution in [0, 0.1) is 0 Å². The summed E-state index contributed by atoms with van der Waals surface area (Å²) in [5.41, 5.74) is 1.51. The number of carbonyl (C=O) groups excluding carboxylic acids is 1. The minimum Gasteiger partial charge on any atom is -0.350 e. The quantitative estimate of drug-likeness (QED) is 0.851. The highest BCUT2D eigenvalue weighted by atomic mass is 35.5. The van der Waals surface area contributed by atoms with Crippen molar-refractivity contribution < 1.29 is 4.79 Å². The zero-order valence-corrected chi connectivity index (χ0v) is 11.7. The summed E-state index contributed by atoms with van der Waals surface area (Å²) in [5.74, 6) is 0.568. The van der Waals surface area contributed by atoms with E-state index in [1.54, 1.807) is 6.20 Å². The van der Waals surface area contributed by atoms with Gasteiger partial charge in [-0.05, 0) is 38.0 Å². The van der Waals surface area contributed by atoms with E-state index in [0.717, 1.165) is 23.7 Å². The number of aromatic nitrogens is 1. The molecule has 0 saturated heterocycles. The van der Waals surface area contributed by atoms with Crippen LogP contribution in [0.3, 0.4) is 0 Å². The largest absolute Gasteiger partial charge is 0.350 e.